The number of ether oxygens (including phenoxy) is 1. The van der Waals surface area contributed by atoms with Gasteiger partial charge in [-0.3, -0.25) is 0 Å². The van der Waals surface area contributed by atoms with Crippen molar-refractivity contribution < 1.29 is 4.74 Å². The highest BCUT2D eigenvalue weighted by Crippen LogP contribution is 2.15. The van der Waals surface area contributed by atoms with Crippen LogP contribution in [0.5, 0.6) is 5.75 Å². The van der Waals surface area contributed by atoms with Crippen molar-refractivity contribution in [1.82, 2.24) is 5.32 Å². The van der Waals surface area contributed by atoms with Crippen LogP contribution in [0, 0.1) is 23.2 Å². The molecule has 0 aromatic heterocycles. The largest absolute Gasteiger partial charge is 0.497 e. The quantitative estimate of drug-likeness (QED) is 0.728. The Morgan fingerprint density at radius 1 is 1.40 bits per heavy atom. The Labute approximate surface area is 89.7 Å². The van der Waals surface area contributed by atoms with Crippen LogP contribution in [0.25, 0.3) is 0 Å². The van der Waals surface area contributed by atoms with Crippen molar-refractivity contribution in [3.63, 3.8) is 0 Å². The Balaban J connectivity index is 3.04. The molecule has 0 saturated carbocycles. The van der Waals surface area contributed by atoms with E-state index in [1.165, 1.54) is 0 Å². The van der Waals surface area contributed by atoms with Gasteiger partial charge in [0, 0.05) is 5.56 Å². The molecule has 1 aromatic rings. The summed E-state index contributed by atoms with van der Waals surface area (Å²) in [5, 5.41) is 11.8. The predicted octanol–water partition coefficient (Wildman–Crippen LogP) is 1.14. The Hall–Kier alpha value is -1.97. The summed E-state index contributed by atoms with van der Waals surface area (Å²) in [6, 6.07) is 7.32. The highest BCUT2D eigenvalue weighted by Gasteiger charge is 2.00. The molecule has 0 radical (unpaired) electrons. The minimum Gasteiger partial charge on any atom is -0.497 e. The fourth-order valence-electron chi connectivity index (χ4n) is 1.08. The molecular weight excluding hydrogens is 188 g/mol. The number of nitriles is 1. The van der Waals surface area contributed by atoms with Crippen LogP contribution < -0.4 is 10.1 Å². The third-order valence-corrected chi connectivity index (χ3v) is 1.84. The van der Waals surface area contributed by atoms with Crippen molar-refractivity contribution in [3.05, 3.63) is 29.3 Å². The zero-order valence-electron chi connectivity index (χ0n) is 8.79. The molecule has 0 amide bonds. The van der Waals surface area contributed by atoms with Gasteiger partial charge < -0.3 is 10.1 Å². The third-order valence-electron chi connectivity index (χ3n) is 1.84. The van der Waals surface area contributed by atoms with E-state index >= 15 is 0 Å². The van der Waals surface area contributed by atoms with Crippen LogP contribution in [0.3, 0.4) is 0 Å². The molecule has 0 saturated heterocycles. The molecule has 15 heavy (non-hydrogen) atoms. The Kier molecular flexibility index (Phi) is 4.22. The fourth-order valence-corrected chi connectivity index (χ4v) is 1.08. The Morgan fingerprint density at radius 3 is 2.80 bits per heavy atom. The Morgan fingerprint density at radius 2 is 2.20 bits per heavy atom. The second kappa shape index (κ2) is 5.70. The molecule has 0 fully saturated rings. The van der Waals surface area contributed by atoms with Gasteiger partial charge in [-0.25, -0.2) is 0 Å². The molecule has 1 aromatic carbocycles. The summed E-state index contributed by atoms with van der Waals surface area (Å²) in [4.78, 5) is 0. The van der Waals surface area contributed by atoms with E-state index in [-0.39, 0.29) is 0 Å². The van der Waals surface area contributed by atoms with Gasteiger partial charge in [0.05, 0.1) is 19.2 Å². The van der Waals surface area contributed by atoms with E-state index in [0.29, 0.717) is 23.4 Å². The summed E-state index contributed by atoms with van der Waals surface area (Å²) < 4.78 is 5.07. The molecule has 0 heterocycles. The fraction of sp³-hybridized carbons (Fsp3) is 0.250. The van der Waals surface area contributed by atoms with Crippen LogP contribution in [0.2, 0.25) is 0 Å². The Bertz CT molecular complexity index is 435. The average Bonchev–Trinajstić information content (AvgIpc) is 2.29. The van der Waals surface area contributed by atoms with E-state index in [1.807, 2.05) is 7.05 Å². The van der Waals surface area contributed by atoms with E-state index in [2.05, 4.69) is 23.2 Å². The molecule has 0 unspecified atom stereocenters. The molecule has 76 valence electrons. The molecule has 3 nitrogen and oxygen atoms in total. The maximum atomic E-state index is 8.86. The maximum Gasteiger partial charge on any atom is 0.120 e. The van der Waals surface area contributed by atoms with E-state index in [4.69, 9.17) is 10.00 Å². The van der Waals surface area contributed by atoms with Gasteiger partial charge in [0.25, 0.3) is 0 Å². The normalized spacial score (nSPS) is 8.60. The maximum absolute atomic E-state index is 8.86. The van der Waals surface area contributed by atoms with Gasteiger partial charge in [-0.1, -0.05) is 11.8 Å². The number of benzene rings is 1. The van der Waals surface area contributed by atoms with E-state index in [1.54, 1.807) is 25.3 Å². The minimum absolute atomic E-state index is 0.569. The van der Waals surface area contributed by atoms with Gasteiger partial charge in [-0.05, 0) is 25.2 Å². The zero-order chi connectivity index (χ0) is 11.1. The second-order valence-corrected chi connectivity index (χ2v) is 2.86. The highest BCUT2D eigenvalue weighted by molar-refractivity contribution is 5.51. The first-order valence-electron chi connectivity index (χ1n) is 4.53. The second-order valence-electron chi connectivity index (χ2n) is 2.86. The van der Waals surface area contributed by atoms with Crippen molar-refractivity contribution in [1.29, 1.82) is 5.26 Å². The predicted molar refractivity (Wildman–Crippen MR) is 58.5 cm³/mol. The van der Waals surface area contributed by atoms with Crippen LogP contribution in [0.4, 0.5) is 0 Å². The van der Waals surface area contributed by atoms with Crippen molar-refractivity contribution in [3.8, 4) is 23.7 Å². The first kappa shape index (κ1) is 11.1. The molecule has 0 aliphatic rings. The minimum atomic E-state index is 0.569. The van der Waals surface area contributed by atoms with E-state index in [0.717, 1.165) is 0 Å². The first-order chi connectivity index (χ1) is 7.31. The molecule has 1 N–H and O–H groups in total. The smallest absolute Gasteiger partial charge is 0.120 e. The summed E-state index contributed by atoms with van der Waals surface area (Å²) in [6.45, 7) is 0.599. The summed E-state index contributed by atoms with van der Waals surface area (Å²) in [7, 11) is 3.41. The van der Waals surface area contributed by atoms with Crippen LogP contribution in [0.15, 0.2) is 18.2 Å². The van der Waals surface area contributed by atoms with Crippen molar-refractivity contribution in [2.24, 2.45) is 0 Å². The number of methoxy groups -OCH3 is 1. The molecular formula is C12H12N2O. The molecule has 0 aliphatic carbocycles. The van der Waals surface area contributed by atoms with Gasteiger partial charge in [-0.2, -0.15) is 5.26 Å². The highest BCUT2D eigenvalue weighted by atomic mass is 16.5. The number of nitrogens with one attached hydrogen (secondary N) is 1. The topological polar surface area (TPSA) is 45.0 Å². The number of nitrogens with zero attached hydrogens (tertiary/aromatic N) is 1. The average molecular weight is 200 g/mol. The van der Waals surface area contributed by atoms with E-state index in [9.17, 15) is 0 Å². The van der Waals surface area contributed by atoms with Gasteiger partial charge in [-0.15, -0.1) is 0 Å². The van der Waals surface area contributed by atoms with Crippen LogP contribution in [-0.2, 0) is 0 Å². The monoisotopic (exact) mass is 200 g/mol. The lowest BCUT2D eigenvalue weighted by atomic mass is 10.1. The van der Waals surface area contributed by atoms with Gasteiger partial charge >= 0.3 is 0 Å². The number of hydrogen-bond acceptors (Lipinski definition) is 3. The first-order valence-corrected chi connectivity index (χ1v) is 4.53. The molecule has 0 atom stereocenters. The van der Waals surface area contributed by atoms with Crippen molar-refractivity contribution in [2.45, 2.75) is 0 Å². The third kappa shape index (κ3) is 3.02. The molecule has 0 aliphatic heterocycles. The SMILES string of the molecule is CNCC#Cc1cc(OC)ccc1C#N. The zero-order valence-corrected chi connectivity index (χ0v) is 8.79. The van der Waals surface area contributed by atoms with Crippen LogP contribution in [-0.4, -0.2) is 20.7 Å². The molecule has 3 heteroatoms. The van der Waals surface area contributed by atoms with Crippen LogP contribution in [0.1, 0.15) is 11.1 Å². The van der Waals surface area contributed by atoms with Crippen molar-refractivity contribution in [2.75, 3.05) is 20.7 Å². The lowest BCUT2D eigenvalue weighted by molar-refractivity contribution is 0.414. The standard InChI is InChI=1S/C12H12N2O/c1-14-7-3-4-10-8-12(15-2)6-5-11(10)9-13/h5-6,8,14H,7H2,1-2H3. The van der Waals surface area contributed by atoms with E-state index < -0.39 is 0 Å². The lowest BCUT2D eigenvalue weighted by Crippen LogP contribution is -2.04. The summed E-state index contributed by atoms with van der Waals surface area (Å²) in [5.41, 5.74) is 1.27. The lowest BCUT2D eigenvalue weighted by Gasteiger charge is -2.00. The molecule has 0 bridgehead atoms. The summed E-state index contributed by atoms with van der Waals surface area (Å²) >= 11 is 0. The molecule has 1 rings (SSSR count). The van der Waals surface area contributed by atoms with Gasteiger partial charge in [0.15, 0.2) is 0 Å². The summed E-state index contributed by atoms with van der Waals surface area (Å²) in [5.74, 6) is 6.55. The summed E-state index contributed by atoms with van der Waals surface area (Å²) in [6.07, 6.45) is 0. The molecule has 0 spiro atoms. The van der Waals surface area contributed by atoms with Gasteiger partial charge in [0.1, 0.15) is 11.8 Å². The number of rotatable bonds is 2. The van der Waals surface area contributed by atoms with Crippen LogP contribution >= 0.6 is 0 Å². The van der Waals surface area contributed by atoms with Crippen molar-refractivity contribution >= 4 is 0 Å². The van der Waals surface area contributed by atoms with Gasteiger partial charge in [0.2, 0.25) is 0 Å². The number of hydrogen-bond donors (Lipinski definition) is 1.